The highest BCUT2D eigenvalue weighted by molar-refractivity contribution is 8.13. The van der Waals surface area contributed by atoms with E-state index in [1.165, 1.54) is 37.4 Å². The fourth-order valence-electron chi connectivity index (χ4n) is 1.36. The predicted octanol–water partition coefficient (Wildman–Crippen LogP) is 3.59. The first kappa shape index (κ1) is 14.7. The van der Waals surface area contributed by atoms with Gasteiger partial charge < -0.3 is 0 Å². The van der Waals surface area contributed by atoms with Crippen molar-refractivity contribution in [3.8, 4) is 0 Å². The number of unbranched alkanes of at least 4 members (excludes halogenated alkanes) is 4. The van der Waals surface area contributed by atoms with E-state index in [-0.39, 0.29) is 5.12 Å². The predicted molar refractivity (Wildman–Crippen MR) is 66.1 cm³/mol. The summed E-state index contributed by atoms with van der Waals surface area (Å²) >= 11 is 1.25. The highest BCUT2D eigenvalue weighted by Gasteiger charge is 2.02. The molecular weight excluding hydrogens is 208 g/mol. The van der Waals surface area contributed by atoms with Crippen molar-refractivity contribution in [2.45, 2.75) is 58.8 Å². The third-order valence-corrected chi connectivity index (χ3v) is 3.06. The number of thioether (sulfide) groups is 1. The van der Waals surface area contributed by atoms with Gasteiger partial charge in [-0.05, 0) is 6.42 Å². The summed E-state index contributed by atoms with van der Waals surface area (Å²) in [6.45, 7) is 3.73. The summed E-state index contributed by atoms with van der Waals surface area (Å²) in [7, 11) is 0. The van der Waals surface area contributed by atoms with E-state index in [1.54, 1.807) is 6.92 Å². The van der Waals surface area contributed by atoms with Gasteiger partial charge in [0.2, 0.25) is 0 Å². The van der Waals surface area contributed by atoms with Crippen LogP contribution in [0, 0.1) is 0 Å². The van der Waals surface area contributed by atoms with Gasteiger partial charge in [0.25, 0.3) is 0 Å². The summed E-state index contributed by atoms with van der Waals surface area (Å²) < 4.78 is 0. The number of hydrogen-bond acceptors (Lipinski definition) is 3. The normalized spacial score (nSPS) is 10.3. The number of carbonyl (C=O) groups excluding carboxylic acids is 2. The smallest absolute Gasteiger partial charge is 0.185 e. The van der Waals surface area contributed by atoms with Crippen LogP contribution in [-0.4, -0.2) is 16.7 Å². The number of rotatable bonds is 9. The van der Waals surface area contributed by atoms with E-state index in [1.807, 2.05) is 0 Å². The highest BCUT2D eigenvalue weighted by Crippen LogP contribution is 2.09. The van der Waals surface area contributed by atoms with E-state index < -0.39 is 0 Å². The molecule has 0 saturated carbocycles. The standard InChI is InChI=1S/C12H22O2S/c1-3-4-5-6-7-8-12(14)9-10-15-11(2)13/h3-10H2,1-2H3. The van der Waals surface area contributed by atoms with E-state index in [0.717, 1.165) is 6.42 Å². The lowest BCUT2D eigenvalue weighted by atomic mass is 10.1. The summed E-state index contributed by atoms with van der Waals surface area (Å²) in [6, 6.07) is 0. The average molecular weight is 230 g/mol. The van der Waals surface area contributed by atoms with Gasteiger partial charge in [0, 0.05) is 25.5 Å². The van der Waals surface area contributed by atoms with E-state index in [9.17, 15) is 9.59 Å². The van der Waals surface area contributed by atoms with Crippen LogP contribution in [0.15, 0.2) is 0 Å². The highest BCUT2D eigenvalue weighted by atomic mass is 32.2. The molecule has 0 spiro atoms. The SMILES string of the molecule is CCCCCCCC(=O)CCSC(C)=O. The first-order valence-electron chi connectivity index (χ1n) is 5.82. The van der Waals surface area contributed by atoms with Crippen LogP contribution in [-0.2, 0) is 9.59 Å². The zero-order valence-electron chi connectivity index (χ0n) is 9.88. The Balaban J connectivity index is 3.22. The Kier molecular flexibility index (Phi) is 10.0. The summed E-state index contributed by atoms with van der Waals surface area (Å²) in [6.07, 6.45) is 7.19. The fraction of sp³-hybridized carbons (Fsp3) is 0.833. The largest absolute Gasteiger partial charge is 0.300 e. The third kappa shape index (κ3) is 11.6. The molecule has 2 nitrogen and oxygen atoms in total. The van der Waals surface area contributed by atoms with Gasteiger partial charge in [0.1, 0.15) is 5.78 Å². The molecule has 0 aliphatic carbocycles. The quantitative estimate of drug-likeness (QED) is 0.568. The van der Waals surface area contributed by atoms with Crippen molar-refractivity contribution < 1.29 is 9.59 Å². The second-order valence-corrected chi connectivity index (χ2v) is 5.06. The third-order valence-electron chi connectivity index (χ3n) is 2.25. The van der Waals surface area contributed by atoms with E-state index in [4.69, 9.17) is 0 Å². The van der Waals surface area contributed by atoms with E-state index in [0.29, 0.717) is 24.4 Å². The molecule has 3 heteroatoms. The van der Waals surface area contributed by atoms with Gasteiger partial charge in [0.05, 0.1) is 0 Å². The lowest BCUT2D eigenvalue weighted by molar-refractivity contribution is -0.118. The van der Waals surface area contributed by atoms with Crippen molar-refractivity contribution in [3.05, 3.63) is 0 Å². The van der Waals surface area contributed by atoms with Crippen LogP contribution in [0.25, 0.3) is 0 Å². The second-order valence-electron chi connectivity index (χ2n) is 3.79. The molecule has 0 saturated heterocycles. The molecule has 88 valence electrons. The van der Waals surface area contributed by atoms with Crippen LogP contribution in [0.2, 0.25) is 0 Å². The summed E-state index contributed by atoms with van der Waals surface area (Å²) in [4.78, 5) is 21.9. The van der Waals surface area contributed by atoms with Gasteiger partial charge in [-0.25, -0.2) is 0 Å². The van der Waals surface area contributed by atoms with Crippen molar-refractivity contribution in [2.24, 2.45) is 0 Å². The molecule has 0 rings (SSSR count). The van der Waals surface area contributed by atoms with Crippen LogP contribution < -0.4 is 0 Å². The molecule has 0 unspecified atom stereocenters. The Bertz CT molecular complexity index is 190. The molecule has 0 bridgehead atoms. The maximum absolute atomic E-state index is 11.3. The van der Waals surface area contributed by atoms with Gasteiger partial charge in [-0.2, -0.15) is 0 Å². The average Bonchev–Trinajstić information content (AvgIpc) is 2.17. The molecule has 0 aliphatic rings. The topological polar surface area (TPSA) is 34.1 Å². The van der Waals surface area contributed by atoms with Gasteiger partial charge >= 0.3 is 0 Å². The molecule has 0 heterocycles. The van der Waals surface area contributed by atoms with Crippen LogP contribution in [0.1, 0.15) is 58.8 Å². The summed E-state index contributed by atoms with van der Waals surface area (Å²) in [5.74, 6) is 0.962. The molecule has 0 N–H and O–H groups in total. The zero-order chi connectivity index (χ0) is 11.5. The molecule has 15 heavy (non-hydrogen) atoms. The van der Waals surface area contributed by atoms with Crippen LogP contribution in [0.3, 0.4) is 0 Å². The Labute approximate surface area is 97.2 Å². The minimum atomic E-state index is 0.103. The molecule has 0 aromatic heterocycles. The Hall–Kier alpha value is -0.310. The van der Waals surface area contributed by atoms with Crippen molar-refractivity contribution in [3.63, 3.8) is 0 Å². The Morgan fingerprint density at radius 1 is 1.00 bits per heavy atom. The van der Waals surface area contributed by atoms with Gasteiger partial charge in [-0.1, -0.05) is 44.4 Å². The van der Waals surface area contributed by atoms with E-state index >= 15 is 0 Å². The molecule has 0 fully saturated rings. The number of hydrogen-bond donors (Lipinski definition) is 0. The number of Topliss-reactive ketones (excluding diaryl/α,β-unsaturated/α-hetero) is 1. The Morgan fingerprint density at radius 2 is 1.67 bits per heavy atom. The second kappa shape index (κ2) is 10.2. The molecule has 0 aromatic carbocycles. The first-order chi connectivity index (χ1) is 7.16. The molecule has 0 aromatic rings. The van der Waals surface area contributed by atoms with Gasteiger partial charge in [-0.15, -0.1) is 0 Å². The van der Waals surface area contributed by atoms with E-state index in [2.05, 4.69) is 6.92 Å². The summed E-state index contributed by atoms with van der Waals surface area (Å²) in [5.41, 5.74) is 0. The van der Waals surface area contributed by atoms with Gasteiger partial charge in [-0.3, -0.25) is 9.59 Å². The monoisotopic (exact) mass is 230 g/mol. The zero-order valence-corrected chi connectivity index (χ0v) is 10.7. The van der Waals surface area contributed by atoms with Crippen LogP contribution in [0.5, 0.6) is 0 Å². The molecule has 0 amide bonds. The first-order valence-corrected chi connectivity index (χ1v) is 6.80. The number of carbonyl (C=O) groups is 2. The van der Waals surface area contributed by atoms with Crippen molar-refractivity contribution in [1.82, 2.24) is 0 Å². The van der Waals surface area contributed by atoms with Gasteiger partial charge in [0.15, 0.2) is 5.12 Å². The lowest BCUT2D eigenvalue weighted by Gasteiger charge is -2.00. The van der Waals surface area contributed by atoms with Crippen LogP contribution >= 0.6 is 11.8 Å². The summed E-state index contributed by atoms with van der Waals surface area (Å²) in [5, 5.41) is 0.103. The minimum Gasteiger partial charge on any atom is -0.300 e. The Morgan fingerprint density at radius 3 is 2.27 bits per heavy atom. The van der Waals surface area contributed by atoms with Crippen molar-refractivity contribution in [1.29, 1.82) is 0 Å². The maximum Gasteiger partial charge on any atom is 0.185 e. The molecule has 0 aliphatic heterocycles. The molecular formula is C12H22O2S. The maximum atomic E-state index is 11.3. The fourth-order valence-corrected chi connectivity index (χ4v) is 1.98. The lowest BCUT2D eigenvalue weighted by Crippen LogP contribution is -2.00. The van der Waals surface area contributed by atoms with Crippen LogP contribution in [0.4, 0.5) is 0 Å². The molecule has 0 atom stereocenters. The molecule has 0 radical (unpaired) electrons. The number of ketones is 1. The van der Waals surface area contributed by atoms with Crippen molar-refractivity contribution in [2.75, 3.05) is 5.75 Å². The van der Waals surface area contributed by atoms with Crippen molar-refractivity contribution >= 4 is 22.7 Å². The minimum absolute atomic E-state index is 0.103.